The minimum absolute atomic E-state index is 0.286. The van der Waals surface area contributed by atoms with Gasteiger partial charge in [0, 0.05) is 26.6 Å². The van der Waals surface area contributed by atoms with Crippen LogP contribution in [-0.2, 0) is 4.74 Å². The number of ether oxygens (including phenoxy) is 1. The number of hydrogen-bond acceptors (Lipinski definition) is 3. The van der Waals surface area contributed by atoms with Crippen LogP contribution in [-0.4, -0.2) is 23.3 Å². The van der Waals surface area contributed by atoms with Gasteiger partial charge >= 0.3 is 5.97 Å². The Morgan fingerprint density at radius 1 is 1.35 bits per heavy atom. The second kappa shape index (κ2) is 7.63. The van der Waals surface area contributed by atoms with Crippen molar-refractivity contribution in [2.75, 3.05) is 12.4 Å². The van der Waals surface area contributed by atoms with Crippen LogP contribution in [0.5, 0.6) is 0 Å². The first-order chi connectivity index (χ1) is 11.2. The lowest BCUT2D eigenvalue weighted by atomic mass is 9.91. The molecule has 3 rings (SSSR count). The highest BCUT2D eigenvalue weighted by Gasteiger charge is 2.21. The van der Waals surface area contributed by atoms with Crippen molar-refractivity contribution in [2.45, 2.75) is 43.9 Å². The summed E-state index contributed by atoms with van der Waals surface area (Å²) in [5, 5.41) is 1.70. The average Bonchev–Trinajstić information content (AvgIpc) is 2.92. The third-order valence-electron chi connectivity index (χ3n) is 4.38. The number of thioether (sulfide) groups is 1. The molecule has 1 aliphatic rings. The lowest BCUT2D eigenvalue weighted by molar-refractivity contribution is 0.0516. The molecule has 0 bridgehead atoms. The number of aromatic amines is 1. The number of fused-ring (bicyclic) bond motifs is 1. The van der Waals surface area contributed by atoms with Gasteiger partial charge in [-0.2, -0.15) is 0 Å². The van der Waals surface area contributed by atoms with Crippen LogP contribution in [0.3, 0.4) is 0 Å². The summed E-state index contributed by atoms with van der Waals surface area (Å²) in [6, 6.07) is 5.69. The van der Waals surface area contributed by atoms with E-state index < -0.39 is 0 Å². The molecule has 1 saturated carbocycles. The van der Waals surface area contributed by atoms with Crippen LogP contribution < -0.4 is 0 Å². The van der Waals surface area contributed by atoms with E-state index in [0.29, 0.717) is 17.3 Å². The molecule has 5 heteroatoms. The quantitative estimate of drug-likeness (QED) is 0.557. The maximum Gasteiger partial charge on any atom is 0.355 e. The van der Waals surface area contributed by atoms with Crippen LogP contribution >= 0.6 is 23.4 Å². The van der Waals surface area contributed by atoms with Crippen LogP contribution in [0.25, 0.3) is 10.9 Å². The smallest absolute Gasteiger partial charge is 0.355 e. The Labute approximate surface area is 146 Å². The molecule has 0 unspecified atom stereocenters. The molecule has 1 aliphatic carbocycles. The summed E-state index contributed by atoms with van der Waals surface area (Å²) >= 11 is 7.91. The standard InChI is InChI=1S/C18H22ClNO2S/c1-2-22-18(21)16-17(23-11-12-6-4-3-5-7-12)14-10-13(19)8-9-15(14)20-16/h8-10,12,20H,2-7,11H2,1H3. The Hall–Kier alpha value is -1.13. The fourth-order valence-corrected chi connectivity index (χ4v) is 4.70. The lowest BCUT2D eigenvalue weighted by Crippen LogP contribution is -2.10. The SMILES string of the molecule is CCOC(=O)c1[nH]c2ccc(Cl)cc2c1SCC1CCCCC1. The van der Waals surface area contributed by atoms with Gasteiger partial charge in [-0.1, -0.05) is 30.9 Å². The molecule has 1 fully saturated rings. The molecule has 1 aromatic heterocycles. The van der Waals surface area contributed by atoms with Gasteiger partial charge in [0.1, 0.15) is 5.69 Å². The molecule has 1 heterocycles. The molecule has 0 atom stereocenters. The molecule has 0 aliphatic heterocycles. The number of halogens is 1. The summed E-state index contributed by atoms with van der Waals surface area (Å²) in [6.07, 6.45) is 6.61. The molecule has 1 aromatic carbocycles. The van der Waals surface area contributed by atoms with Gasteiger partial charge in [0.2, 0.25) is 0 Å². The maximum absolute atomic E-state index is 12.3. The largest absolute Gasteiger partial charge is 0.461 e. The molecular formula is C18H22ClNO2S. The van der Waals surface area contributed by atoms with E-state index in [9.17, 15) is 4.79 Å². The summed E-state index contributed by atoms with van der Waals surface area (Å²) in [7, 11) is 0. The highest BCUT2D eigenvalue weighted by atomic mass is 35.5. The fraction of sp³-hybridized carbons (Fsp3) is 0.500. The van der Waals surface area contributed by atoms with Gasteiger partial charge in [-0.3, -0.25) is 0 Å². The van der Waals surface area contributed by atoms with E-state index in [-0.39, 0.29) is 5.97 Å². The van der Waals surface area contributed by atoms with Crippen molar-refractivity contribution in [2.24, 2.45) is 5.92 Å². The Kier molecular flexibility index (Phi) is 5.54. The van der Waals surface area contributed by atoms with Gasteiger partial charge in [0.05, 0.1) is 6.61 Å². The third kappa shape index (κ3) is 3.86. The zero-order valence-corrected chi connectivity index (χ0v) is 14.9. The molecule has 124 valence electrons. The second-order valence-electron chi connectivity index (χ2n) is 6.05. The zero-order valence-electron chi connectivity index (χ0n) is 13.4. The van der Waals surface area contributed by atoms with Crippen molar-refractivity contribution < 1.29 is 9.53 Å². The zero-order chi connectivity index (χ0) is 16.2. The summed E-state index contributed by atoms with van der Waals surface area (Å²) < 4.78 is 5.20. The Morgan fingerprint density at radius 3 is 2.87 bits per heavy atom. The van der Waals surface area contributed by atoms with Gasteiger partial charge in [-0.15, -0.1) is 11.8 Å². The Bertz CT molecular complexity index is 692. The van der Waals surface area contributed by atoms with E-state index in [0.717, 1.165) is 27.5 Å². The van der Waals surface area contributed by atoms with Crippen molar-refractivity contribution in [1.82, 2.24) is 4.98 Å². The van der Waals surface area contributed by atoms with E-state index >= 15 is 0 Å². The molecule has 2 aromatic rings. The molecule has 3 nitrogen and oxygen atoms in total. The molecule has 0 spiro atoms. The van der Waals surface area contributed by atoms with E-state index in [4.69, 9.17) is 16.3 Å². The van der Waals surface area contributed by atoms with Gasteiger partial charge in [-0.05, 0) is 43.9 Å². The number of carbonyl (C=O) groups is 1. The summed E-state index contributed by atoms with van der Waals surface area (Å²) in [5.41, 5.74) is 1.49. The van der Waals surface area contributed by atoms with Gasteiger partial charge in [-0.25, -0.2) is 4.79 Å². The maximum atomic E-state index is 12.3. The monoisotopic (exact) mass is 351 g/mol. The van der Waals surface area contributed by atoms with Crippen molar-refractivity contribution in [3.63, 3.8) is 0 Å². The highest BCUT2D eigenvalue weighted by molar-refractivity contribution is 7.99. The third-order valence-corrected chi connectivity index (χ3v) is 5.97. The van der Waals surface area contributed by atoms with Gasteiger partial charge < -0.3 is 9.72 Å². The summed E-state index contributed by atoms with van der Waals surface area (Å²) in [5.74, 6) is 1.50. The molecule has 0 saturated heterocycles. The minimum Gasteiger partial charge on any atom is -0.461 e. The molecular weight excluding hydrogens is 330 g/mol. The lowest BCUT2D eigenvalue weighted by Gasteiger charge is -2.21. The van der Waals surface area contributed by atoms with E-state index in [1.807, 2.05) is 25.1 Å². The second-order valence-corrected chi connectivity index (χ2v) is 7.52. The summed E-state index contributed by atoms with van der Waals surface area (Å²) in [4.78, 5) is 16.5. The minimum atomic E-state index is -0.286. The van der Waals surface area contributed by atoms with Crippen LogP contribution in [0.15, 0.2) is 23.1 Å². The molecule has 1 N–H and O–H groups in total. The average molecular weight is 352 g/mol. The first-order valence-corrected chi connectivity index (χ1v) is 9.66. The normalized spacial score (nSPS) is 15.9. The Morgan fingerprint density at radius 2 is 2.13 bits per heavy atom. The molecule has 23 heavy (non-hydrogen) atoms. The van der Waals surface area contributed by atoms with Crippen LogP contribution in [0.1, 0.15) is 49.5 Å². The van der Waals surface area contributed by atoms with E-state index in [1.165, 1.54) is 32.1 Å². The predicted octanol–water partition coefficient (Wildman–Crippen LogP) is 5.67. The number of esters is 1. The van der Waals surface area contributed by atoms with Gasteiger partial charge in [0.25, 0.3) is 0 Å². The van der Waals surface area contributed by atoms with Crippen molar-refractivity contribution in [1.29, 1.82) is 0 Å². The van der Waals surface area contributed by atoms with Crippen molar-refractivity contribution >= 4 is 40.2 Å². The molecule has 0 amide bonds. The first kappa shape index (κ1) is 16.7. The summed E-state index contributed by atoms with van der Waals surface area (Å²) in [6.45, 7) is 2.20. The van der Waals surface area contributed by atoms with E-state index in [1.54, 1.807) is 11.8 Å². The van der Waals surface area contributed by atoms with Crippen molar-refractivity contribution in [3.8, 4) is 0 Å². The fourth-order valence-electron chi connectivity index (χ4n) is 3.19. The van der Waals surface area contributed by atoms with Crippen molar-refractivity contribution in [3.05, 3.63) is 28.9 Å². The van der Waals surface area contributed by atoms with Crippen LogP contribution in [0, 0.1) is 5.92 Å². The number of rotatable bonds is 5. The number of hydrogen-bond donors (Lipinski definition) is 1. The number of H-pyrrole nitrogens is 1. The topological polar surface area (TPSA) is 42.1 Å². The van der Waals surface area contributed by atoms with Crippen LogP contribution in [0.4, 0.5) is 0 Å². The Balaban J connectivity index is 1.89. The highest BCUT2D eigenvalue weighted by Crippen LogP contribution is 2.37. The first-order valence-electron chi connectivity index (χ1n) is 8.30. The van der Waals surface area contributed by atoms with Gasteiger partial charge in [0.15, 0.2) is 0 Å². The van der Waals surface area contributed by atoms with E-state index in [2.05, 4.69) is 4.98 Å². The number of nitrogens with one attached hydrogen (secondary N) is 1. The number of benzene rings is 1. The number of aromatic nitrogens is 1. The van der Waals surface area contributed by atoms with Crippen LogP contribution in [0.2, 0.25) is 5.02 Å². The number of carbonyl (C=O) groups excluding carboxylic acids is 1. The molecule has 0 radical (unpaired) electrons. The predicted molar refractivity (Wildman–Crippen MR) is 96.6 cm³/mol.